The average molecular weight is 331 g/mol. The molecule has 20 heavy (non-hydrogen) atoms. The van der Waals surface area contributed by atoms with Gasteiger partial charge in [0.2, 0.25) is 10.0 Å². The van der Waals surface area contributed by atoms with Crippen LogP contribution in [0.25, 0.3) is 0 Å². The molecule has 0 spiro atoms. The lowest BCUT2D eigenvalue weighted by atomic mass is 10.2. The van der Waals surface area contributed by atoms with Crippen molar-refractivity contribution in [3.63, 3.8) is 0 Å². The smallest absolute Gasteiger partial charge is 0.241 e. The first kappa shape index (κ1) is 15.3. The lowest BCUT2D eigenvalue weighted by molar-refractivity contribution is 0.581. The highest BCUT2D eigenvalue weighted by atomic mass is 35.5. The van der Waals surface area contributed by atoms with E-state index in [1.54, 1.807) is 6.92 Å². The summed E-state index contributed by atoms with van der Waals surface area (Å²) in [5.74, 6) is 0. The molecule has 0 saturated heterocycles. The van der Waals surface area contributed by atoms with E-state index >= 15 is 0 Å². The number of nitrogen functional groups attached to an aromatic ring is 1. The van der Waals surface area contributed by atoms with Gasteiger partial charge in [0.15, 0.2) is 0 Å². The molecule has 108 valence electrons. The monoisotopic (exact) mass is 330 g/mol. The lowest BCUT2D eigenvalue weighted by Crippen LogP contribution is -2.23. The van der Waals surface area contributed by atoms with Crippen LogP contribution in [0.2, 0.25) is 5.02 Å². The van der Waals surface area contributed by atoms with Gasteiger partial charge in [0.1, 0.15) is 0 Å². The first-order valence-electron chi connectivity index (χ1n) is 5.89. The molecule has 2 aromatic rings. The van der Waals surface area contributed by atoms with Crippen LogP contribution in [0.1, 0.15) is 16.0 Å². The Balaban J connectivity index is 2.25. The topological polar surface area (TPSA) is 72.2 Å². The average Bonchev–Trinajstić information content (AvgIpc) is 2.78. The summed E-state index contributed by atoms with van der Waals surface area (Å²) in [6.07, 6.45) is 0. The molecule has 2 rings (SSSR count). The van der Waals surface area contributed by atoms with E-state index < -0.39 is 10.0 Å². The second-order valence-corrected chi connectivity index (χ2v) is 7.65. The van der Waals surface area contributed by atoms with Gasteiger partial charge in [-0.3, -0.25) is 0 Å². The quantitative estimate of drug-likeness (QED) is 0.846. The molecule has 3 N–H and O–H groups in total. The van der Waals surface area contributed by atoms with Crippen molar-refractivity contribution in [3.05, 3.63) is 44.6 Å². The zero-order valence-electron chi connectivity index (χ0n) is 11.1. The fourth-order valence-electron chi connectivity index (χ4n) is 1.66. The van der Waals surface area contributed by atoms with Crippen molar-refractivity contribution in [2.24, 2.45) is 0 Å². The molecular weight excluding hydrogens is 316 g/mol. The summed E-state index contributed by atoms with van der Waals surface area (Å²) in [5, 5.41) is 2.28. The largest absolute Gasteiger partial charge is 0.398 e. The molecule has 0 saturated carbocycles. The number of nitrogens with two attached hydrogens (primary N) is 1. The van der Waals surface area contributed by atoms with Gasteiger partial charge in [0.05, 0.1) is 4.90 Å². The molecule has 4 nitrogen and oxygen atoms in total. The van der Waals surface area contributed by atoms with E-state index in [1.165, 1.54) is 23.5 Å². The third kappa shape index (κ3) is 3.15. The van der Waals surface area contributed by atoms with Crippen molar-refractivity contribution in [3.8, 4) is 0 Å². The summed E-state index contributed by atoms with van der Waals surface area (Å²) in [5.41, 5.74) is 7.87. The molecule has 0 amide bonds. The summed E-state index contributed by atoms with van der Waals surface area (Å²) < 4.78 is 27.0. The van der Waals surface area contributed by atoms with Gasteiger partial charge in [-0.2, -0.15) is 0 Å². The van der Waals surface area contributed by atoms with Crippen molar-refractivity contribution in [1.82, 2.24) is 4.72 Å². The standard InChI is InChI=1S/C13H15ClN2O2S2/c1-8-3-4-19-13(8)7-16-20(17,18)10-5-11(14)9(2)12(15)6-10/h3-6,16H,7,15H2,1-2H3. The number of hydrogen-bond acceptors (Lipinski definition) is 4. The molecule has 0 unspecified atom stereocenters. The molecule has 1 aromatic heterocycles. The Morgan fingerprint density at radius 1 is 1.35 bits per heavy atom. The number of rotatable bonds is 4. The molecule has 0 aliphatic carbocycles. The van der Waals surface area contributed by atoms with E-state index in [1.807, 2.05) is 18.4 Å². The highest BCUT2D eigenvalue weighted by Crippen LogP contribution is 2.26. The fourth-order valence-corrected chi connectivity index (χ4v) is 3.94. The maximum absolute atomic E-state index is 12.2. The highest BCUT2D eigenvalue weighted by molar-refractivity contribution is 7.89. The van der Waals surface area contributed by atoms with Crippen LogP contribution in [0.4, 0.5) is 5.69 Å². The molecule has 7 heteroatoms. The van der Waals surface area contributed by atoms with Gasteiger partial charge < -0.3 is 5.73 Å². The Labute approximate surface area is 127 Å². The number of hydrogen-bond donors (Lipinski definition) is 2. The Morgan fingerprint density at radius 2 is 2.05 bits per heavy atom. The minimum absolute atomic E-state index is 0.0832. The minimum atomic E-state index is -3.62. The SMILES string of the molecule is Cc1ccsc1CNS(=O)(=O)c1cc(N)c(C)c(Cl)c1. The summed E-state index contributed by atoms with van der Waals surface area (Å²) in [4.78, 5) is 1.07. The Morgan fingerprint density at radius 3 is 2.60 bits per heavy atom. The summed E-state index contributed by atoms with van der Waals surface area (Å²) in [6.45, 7) is 3.95. The van der Waals surface area contributed by atoms with Gasteiger partial charge in [-0.25, -0.2) is 13.1 Å². The summed E-state index contributed by atoms with van der Waals surface area (Å²) in [6, 6.07) is 4.79. The van der Waals surface area contributed by atoms with E-state index in [-0.39, 0.29) is 11.4 Å². The summed E-state index contributed by atoms with van der Waals surface area (Å²) >= 11 is 7.50. The van der Waals surface area contributed by atoms with Gasteiger partial charge >= 0.3 is 0 Å². The molecule has 0 fully saturated rings. The first-order chi connectivity index (χ1) is 9.31. The van der Waals surface area contributed by atoms with Crippen LogP contribution in [-0.4, -0.2) is 8.42 Å². The van der Waals surface area contributed by atoms with Crippen LogP contribution in [0.3, 0.4) is 0 Å². The minimum Gasteiger partial charge on any atom is -0.398 e. The van der Waals surface area contributed by atoms with Crippen molar-refractivity contribution in [1.29, 1.82) is 0 Å². The van der Waals surface area contributed by atoms with E-state index in [0.29, 0.717) is 16.3 Å². The van der Waals surface area contributed by atoms with Gasteiger partial charge in [-0.1, -0.05) is 11.6 Å². The molecular formula is C13H15ClN2O2S2. The molecule has 0 aliphatic rings. The number of nitrogens with one attached hydrogen (secondary N) is 1. The van der Waals surface area contributed by atoms with E-state index in [2.05, 4.69) is 4.72 Å². The van der Waals surface area contributed by atoms with Crippen LogP contribution in [0.15, 0.2) is 28.5 Å². The number of anilines is 1. The van der Waals surface area contributed by atoms with E-state index in [9.17, 15) is 8.42 Å². The molecule has 1 heterocycles. The first-order valence-corrected chi connectivity index (χ1v) is 8.63. The number of sulfonamides is 1. The normalized spacial score (nSPS) is 11.8. The van der Waals surface area contributed by atoms with Crippen molar-refractivity contribution in [2.75, 3.05) is 5.73 Å². The predicted octanol–water partition coefficient (Wildman–Crippen LogP) is 3.08. The van der Waals surface area contributed by atoms with Crippen molar-refractivity contribution in [2.45, 2.75) is 25.3 Å². The van der Waals surface area contributed by atoms with Crippen LogP contribution in [0.5, 0.6) is 0 Å². The second-order valence-electron chi connectivity index (χ2n) is 4.47. The number of aryl methyl sites for hydroxylation is 1. The van der Waals surface area contributed by atoms with Crippen LogP contribution in [-0.2, 0) is 16.6 Å². The van der Waals surface area contributed by atoms with E-state index in [4.69, 9.17) is 17.3 Å². The van der Waals surface area contributed by atoms with Crippen molar-refractivity contribution < 1.29 is 8.42 Å². The molecule has 1 aromatic carbocycles. The molecule has 0 bridgehead atoms. The zero-order valence-corrected chi connectivity index (χ0v) is 13.5. The second kappa shape index (κ2) is 5.73. The Hall–Kier alpha value is -1.08. The fraction of sp³-hybridized carbons (Fsp3) is 0.231. The third-order valence-corrected chi connectivity index (χ3v) is 5.86. The number of thiophene rings is 1. The maximum atomic E-state index is 12.2. The van der Waals surface area contributed by atoms with Crippen LogP contribution in [0, 0.1) is 13.8 Å². The molecule has 0 radical (unpaired) electrons. The maximum Gasteiger partial charge on any atom is 0.241 e. The zero-order chi connectivity index (χ0) is 14.9. The van der Waals surface area contributed by atoms with Crippen molar-refractivity contribution >= 4 is 38.6 Å². The number of benzene rings is 1. The lowest BCUT2D eigenvalue weighted by Gasteiger charge is -2.10. The Bertz CT molecular complexity index is 716. The third-order valence-electron chi connectivity index (χ3n) is 3.06. The van der Waals surface area contributed by atoms with Gasteiger partial charge in [0.25, 0.3) is 0 Å². The summed E-state index contributed by atoms with van der Waals surface area (Å²) in [7, 11) is -3.62. The van der Waals surface area contributed by atoms with Crippen LogP contribution >= 0.6 is 22.9 Å². The molecule has 0 atom stereocenters. The van der Waals surface area contributed by atoms with Gasteiger partial charge in [0, 0.05) is 22.1 Å². The van der Waals surface area contributed by atoms with Crippen LogP contribution < -0.4 is 10.5 Å². The van der Waals surface area contributed by atoms with E-state index in [0.717, 1.165) is 10.4 Å². The highest BCUT2D eigenvalue weighted by Gasteiger charge is 2.17. The molecule has 0 aliphatic heterocycles. The Kier molecular flexibility index (Phi) is 4.39. The van der Waals surface area contributed by atoms with Gasteiger partial charge in [-0.15, -0.1) is 11.3 Å². The predicted molar refractivity (Wildman–Crippen MR) is 83.7 cm³/mol. The number of halogens is 1. The van der Waals surface area contributed by atoms with Gasteiger partial charge in [-0.05, 0) is 48.6 Å².